The summed E-state index contributed by atoms with van der Waals surface area (Å²) in [6, 6.07) is 11.7. The van der Waals surface area contributed by atoms with Crippen molar-refractivity contribution in [1.82, 2.24) is 10.1 Å². The van der Waals surface area contributed by atoms with Crippen LogP contribution in [0.25, 0.3) is 0 Å². The molecule has 1 fully saturated rings. The smallest absolute Gasteiger partial charge is 0.223 e. The Morgan fingerprint density at radius 1 is 1.32 bits per heavy atom. The number of rotatable bonds is 5. The lowest BCUT2D eigenvalue weighted by Crippen LogP contribution is -2.48. The van der Waals surface area contributed by atoms with Gasteiger partial charge in [0, 0.05) is 25.5 Å². The Morgan fingerprint density at radius 2 is 2.08 bits per heavy atom. The number of carbonyl (C=O) groups is 1. The summed E-state index contributed by atoms with van der Waals surface area (Å²) in [5.74, 6) is 1.07. The van der Waals surface area contributed by atoms with Crippen LogP contribution in [-0.4, -0.2) is 35.2 Å². The van der Waals surface area contributed by atoms with E-state index in [2.05, 4.69) is 19.0 Å². The molecule has 25 heavy (non-hydrogen) atoms. The van der Waals surface area contributed by atoms with Gasteiger partial charge in [0.2, 0.25) is 5.91 Å². The molecule has 0 saturated carbocycles. The Labute approximate surface area is 152 Å². The van der Waals surface area contributed by atoms with E-state index in [0.717, 1.165) is 5.56 Å². The Bertz CT molecular complexity index is 702. The van der Waals surface area contributed by atoms with Gasteiger partial charge >= 0.3 is 0 Å². The summed E-state index contributed by atoms with van der Waals surface area (Å²) >= 11 is 5.75. The molecule has 0 radical (unpaired) electrons. The van der Waals surface area contributed by atoms with E-state index in [1.807, 2.05) is 35.2 Å². The summed E-state index contributed by atoms with van der Waals surface area (Å²) in [6.45, 7) is 5.44. The van der Waals surface area contributed by atoms with Crippen LogP contribution in [-0.2, 0) is 16.0 Å². The first-order valence-electron chi connectivity index (χ1n) is 8.62. The van der Waals surface area contributed by atoms with Crippen LogP contribution < -0.4 is 0 Å². The third kappa shape index (κ3) is 4.61. The molecule has 1 amide bonds. The second kappa shape index (κ2) is 8.02. The predicted octanol–water partition coefficient (Wildman–Crippen LogP) is 3.89. The number of carbonyl (C=O) groups excluding carboxylic acids is 1. The van der Waals surface area contributed by atoms with Gasteiger partial charge in [0.05, 0.1) is 12.6 Å². The van der Waals surface area contributed by atoms with Crippen molar-refractivity contribution in [3.63, 3.8) is 0 Å². The number of nitrogens with zero attached hydrogens (tertiary/aromatic N) is 2. The molecule has 1 aromatic heterocycles. The highest BCUT2D eigenvalue weighted by molar-refractivity contribution is 6.29. The van der Waals surface area contributed by atoms with Gasteiger partial charge in [0.25, 0.3) is 0 Å². The molecule has 2 atom stereocenters. The van der Waals surface area contributed by atoms with Crippen molar-refractivity contribution in [3.05, 3.63) is 52.9 Å². The van der Waals surface area contributed by atoms with E-state index >= 15 is 0 Å². The lowest BCUT2D eigenvalue weighted by atomic mass is 10.0. The summed E-state index contributed by atoms with van der Waals surface area (Å²) < 4.78 is 11.3. The molecule has 0 N–H and O–H groups in total. The zero-order chi connectivity index (χ0) is 17.8. The zero-order valence-electron chi connectivity index (χ0n) is 14.5. The molecule has 5 nitrogen and oxygen atoms in total. The fourth-order valence-corrected chi connectivity index (χ4v) is 3.16. The topological polar surface area (TPSA) is 55.6 Å². The van der Waals surface area contributed by atoms with Crippen molar-refractivity contribution in [3.8, 4) is 0 Å². The van der Waals surface area contributed by atoms with Crippen LogP contribution in [0.5, 0.6) is 0 Å². The van der Waals surface area contributed by atoms with Crippen molar-refractivity contribution < 1.29 is 14.1 Å². The molecule has 2 aromatic rings. The molecule has 2 heterocycles. The molecule has 134 valence electrons. The maximum atomic E-state index is 12.7. The first kappa shape index (κ1) is 18.0. The zero-order valence-corrected chi connectivity index (χ0v) is 15.3. The highest BCUT2D eigenvalue weighted by atomic mass is 35.5. The highest BCUT2D eigenvalue weighted by Gasteiger charge is 2.32. The fourth-order valence-electron chi connectivity index (χ4n) is 3.01. The molecule has 0 bridgehead atoms. The van der Waals surface area contributed by atoms with Crippen molar-refractivity contribution in [2.75, 3.05) is 13.1 Å². The normalized spacial score (nSPS) is 20.9. The van der Waals surface area contributed by atoms with E-state index in [9.17, 15) is 4.79 Å². The molecular weight excluding hydrogens is 340 g/mol. The number of amides is 1. The first-order valence-corrected chi connectivity index (χ1v) is 9.00. The fraction of sp³-hybridized carbons (Fsp3) is 0.474. The van der Waals surface area contributed by atoms with Gasteiger partial charge in [-0.15, -0.1) is 0 Å². The minimum atomic E-state index is -0.0916. The molecule has 1 saturated heterocycles. The Kier molecular flexibility index (Phi) is 5.76. The SMILES string of the molecule is CC(C)[C@H]1CN(C(=O)CCc2cc(Cl)no2)C[C@@H](c2ccccc2)O1. The lowest BCUT2D eigenvalue weighted by Gasteiger charge is -2.40. The summed E-state index contributed by atoms with van der Waals surface area (Å²) in [4.78, 5) is 14.6. The molecule has 0 spiro atoms. The average molecular weight is 363 g/mol. The van der Waals surface area contributed by atoms with Crippen LogP contribution in [0.3, 0.4) is 0 Å². The minimum Gasteiger partial charge on any atom is -0.366 e. The summed E-state index contributed by atoms with van der Waals surface area (Å²) in [5, 5.41) is 3.96. The van der Waals surface area contributed by atoms with Crippen molar-refractivity contribution in [1.29, 1.82) is 0 Å². The van der Waals surface area contributed by atoms with E-state index in [1.54, 1.807) is 6.07 Å². The molecule has 0 aliphatic carbocycles. The number of halogens is 1. The van der Waals surface area contributed by atoms with Crippen LogP contribution in [0.15, 0.2) is 40.9 Å². The maximum Gasteiger partial charge on any atom is 0.223 e. The maximum absolute atomic E-state index is 12.7. The standard InChI is InChI=1S/C19H23ClN2O3/c1-13(2)16-11-22(12-17(24-16)14-6-4-3-5-7-14)19(23)9-8-15-10-18(20)21-25-15/h3-7,10,13,16-17H,8-9,11-12H2,1-2H3/t16-,17+/m1/s1. The van der Waals surface area contributed by atoms with E-state index in [0.29, 0.717) is 42.8 Å². The van der Waals surface area contributed by atoms with Gasteiger partial charge in [0.1, 0.15) is 11.9 Å². The minimum absolute atomic E-state index is 0.0302. The molecule has 3 rings (SSSR count). The second-order valence-electron chi connectivity index (χ2n) is 6.73. The second-order valence-corrected chi connectivity index (χ2v) is 7.12. The van der Waals surface area contributed by atoms with E-state index in [4.69, 9.17) is 20.9 Å². The number of morpholine rings is 1. The van der Waals surface area contributed by atoms with Crippen molar-refractivity contribution in [2.45, 2.75) is 38.9 Å². The molecular formula is C19H23ClN2O3. The van der Waals surface area contributed by atoms with E-state index in [1.165, 1.54) is 0 Å². The van der Waals surface area contributed by atoms with Crippen molar-refractivity contribution >= 4 is 17.5 Å². The van der Waals surface area contributed by atoms with E-state index < -0.39 is 0 Å². The molecule has 1 aromatic carbocycles. The summed E-state index contributed by atoms with van der Waals surface area (Å²) in [7, 11) is 0. The Morgan fingerprint density at radius 3 is 2.72 bits per heavy atom. The van der Waals surface area contributed by atoms with Gasteiger partial charge in [0.15, 0.2) is 5.15 Å². The molecule has 6 heteroatoms. The molecule has 1 aliphatic rings. The number of aromatic nitrogens is 1. The third-order valence-corrected chi connectivity index (χ3v) is 4.69. The van der Waals surface area contributed by atoms with Crippen molar-refractivity contribution in [2.24, 2.45) is 5.92 Å². The van der Waals surface area contributed by atoms with Gasteiger partial charge < -0.3 is 14.2 Å². The highest BCUT2D eigenvalue weighted by Crippen LogP contribution is 2.28. The number of ether oxygens (including phenoxy) is 1. The molecule has 1 aliphatic heterocycles. The third-order valence-electron chi connectivity index (χ3n) is 4.51. The van der Waals surface area contributed by atoms with E-state index in [-0.39, 0.29) is 18.1 Å². The van der Waals surface area contributed by atoms with Crippen LogP contribution in [0, 0.1) is 5.92 Å². The lowest BCUT2D eigenvalue weighted by molar-refractivity contribution is -0.150. The van der Waals surface area contributed by atoms with Gasteiger partial charge in [-0.3, -0.25) is 4.79 Å². The Balaban J connectivity index is 1.67. The molecule has 0 unspecified atom stereocenters. The summed E-state index contributed by atoms with van der Waals surface area (Å²) in [6.07, 6.45) is 0.810. The number of hydrogen-bond donors (Lipinski definition) is 0. The predicted molar refractivity (Wildman–Crippen MR) is 95.3 cm³/mol. The average Bonchev–Trinajstić information content (AvgIpc) is 3.05. The van der Waals surface area contributed by atoms with Gasteiger partial charge in [-0.05, 0) is 11.5 Å². The van der Waals surface area contributed by atoms with Crippen LogP contribution in [0.2, 0.25) is 5.15 Å². The number of hydrogen-bond acceptors (Lipinski definition) is 4. The van der Waals surface area contributed by atoms with Gasteiger partial charge in [-0.25, -0.2) is 0 Å². The first-order chi connectivity index (χ1) is 12.0. The number of aryl methyl sites for hydroxylation is 1. The summed E-state index contributed by atoms with van der Waals surface area (Å²) in [5.41, 5.74) is 1.10. The van der Waals surface area contributed by atoms with Crippen LogP contribution in [0.1, 0.15) is 37.7 Å². The number of benzene rings is 1. The van der Waals surface area contributed by atoms with Gasteiger partial charge in [-0.2, -0.15) is 0 Å². The van der Waals surface area contributed by atoms with Crippen LogP contribution in [0.4, 0.5) is 0 Å². The Hall–Kier alpha value is -1.85. The van der Waals surface area contributed by atoms with Gasteiger partial charge in [-0.1, -0.05) is 60.9 Å². The monoisotopic (exact) mass is 362 g/mol. The quantitative estimate of drug-likeness (QED) is 0.809. The van der Waals surface area contributed by atoms with Crippen LogP contribution >= 0.6 is 11.6 Å². The largest absolute Gasteiger partial charge is 0.366 e.